The van der Waals surface area contributed by atoms with Crippen molar-refractivity contribution < 1.29 is 19.1 Å². The lowest BCUT2D eigenvalue weighted by atomic mass is 10.1. The number of ether oxygens (including phenoxy) is 1. The lowest BCUT2D eigenvalue weighted by molar-refractivity contribution is -0.0746. The van der Waals surface area contributed by atoms with Gasteiger partial charge in [0.05, 0.1) is 47.3 Å². The maximum Gasteiger partial charge on any atom is 0.258 e. The van der Waals surface area contributed by atoms with Gasteiger partial charge in [-0.2, -0.15) is 10.2 Å². The van der Waals surface area contributed by atoms with E-state index in [4.69, 9.17) is 16.3 Å². The Bertz CT molecular complexity index is 1220. The van der Waals surface area contributed by atoms with Crippen molar-refractivity contribution >= 4 is 35.6 Å². The average molecular weight is 482 g/mol. The Morgan fingerprint density at radius 1 is 1.31 bits per heavy atom. The number of amides is 1. The largest absolute Gasteiger partial charge is 0.488 e. The molecule has 0 unspecified atom stereocenters. The van der Waals surface area contributed by atoms with Crippen LogP contribution in [-0.2, 0) is 13.1 Å². The van der Waals surface area contributed by atoms with Crippen LogP contribution in [0.2, 0.25) is 5.02 Å². The molecule has 1 saturated heterocycles. The van der Waals surface area contributed by atoms with Gasteiger partial charge in [0.25, 0.3) is 5.91 Å². The summed E-state index contributed by atoms with van der Waals surface area (Å²) in [5.41, 5.74) is 4.13. The Hall–Kier alpha value is -2.46. The fraction of sp³-hybridized carbons (Fsp3) is 0.381. The highest BCUT2D eigenvalue weighted by Gasteiger charge is 2.32. The number of aryl methyl sites for hydroxylation is 2. The molecule has 32 heavy (non-hydrogen) atoms. The average Bonchev–Trinajstić information content (AvgIpc) is 3.41. The summed E-state index contributed by atoms with van der Waals surface area (Å²) in [4.78, 5) is 19.5. The van der Waals surface area contributed by atoms with Gasteiger partial charge in [-0.15, -0.1) is 12.4 Å². The number of carbonyl (C=O) groups is 1. The van der Waals surface area contributed by atoms with Crippen molar-refractivity contribution in [3.63, 3.8) is 0 Å². The number of nitrogens with zero attached hydrogens (tertiary/aromatic N) is 5. The van der Waals surface area contributed by atoms with Crippen LogP contribution in [0.5, 0.6) is 5.75 Å². The first-order valence-electron chi connectivity index (χ1n) is 10.0. The van der Waals surface area contributed by atoms with E-state index >= 15 is 0 Å². The molecule has 3 aromatic rings. The summed E-state index contributed by atoms with van der Waals surface area (Å²) in [5, 5.41) is 15.9. The third-order valence-electron chi connectivity index (χ3n) is 5.83. The third kappa shape index (κ3) is 3.79. The van der Waals surface area contributed by atoms with Crippen molar-refractivity contribution in [3.8, 4) is 5.75 Å². The maximum absolute atomic E-state index is 13.9. The predicted octanol–water partition coefficient (Wildman–Crippen LogP) is 3.56. The first-order valence-corrected chi connectivity index (χ1v) is 10.4. The molecule has 5 rings (SSSR count). The zero-order valence-electron chi connectivity index (χ0n) is 17.5. The van der Waals surface area contributed by atoms with Crippen molar-refractivity contribution in [2.45, 2.75) is 39.5 Å². The van der Waals surface area contributed by atoms with Crippen molar-refractivity contribution in [1.29, 1.82) is 0 Å². The fourth-order valence-electron chi connectivity index (χ4n) is 4.18. The zero-order valence-corrected chi connectivity index (χ0v) is 19.1. The fourth-order valence-corrected chi connectivity index (χ4v) is 4.31. The van der Waals surface area contributed by atoms with E-state index in [1.54, 1.807) is 9.42 Å². The number of hydroxylamine groups is 2. The van der Waals surface area contributed by atoms with E-state index < -0.39 is 5.82 Å². The molecule has 0 saturated carbocycles. The maximum atomic E-state index is 13.9. The second kappa shape index (κ2) is 8.47. The molecule has 0 bridgehead atoms. The molecule has 1 N–H and O–H groups in total. The normalized spacial score (nSPS) is 18.2. The van der Waals surface area contributed by atoms with Crippen LogP contribution in [0.25, 0.3) is 5.65 Å². The molecule has 1 fully saturated rings. The van der Waals surface area contributed by atoms with E-state index in [0.29, 0.717) is 49.0 Å². The van der Waals surface area contributed by atoms with Crippen molar-refractivity contribution in [1.82, 2.24) is 24.6 Å². The van der Waals surface area contributed by atoms with E-state index in [1.807, 2.05) is 13.8 Å². The Labute approximate surface area is 194 Å². The number of halogens is 3. The van der Waals surface area contributed by atoms with E-state index in [0.717, 1.165) is 22.0 Å². The molecule has 0 aliphatic carbocycles. The van der Waals surface area contributed by atoms with Crippen molar-refractivity contribution in [2.24, 2.45) is 0 Å². The van der Waals surface area contributed by atoms with Crippen LogP contribution in [0.15, 0.2) is 18.2 Å². The number of fused-ring (bicyclic) bond motifs is 3. The SMILES string of the molecule is Cc1nc2c3c(nn2c(C)c1Cl)CN(C(=O)c1ccc(F)cc1O[C@@H]1CCN(O)C1)C3.Cl. The van der Waals surface area contributed by atoms with Gasteiger partial charge in [-0.05, 0) is 26.0 Å². The number of benzene rings is 1. The minimum Gasteiger partial charge on any atom is -0.488 e. The Kier molecular flexibility index (Phi) is 6.02. The minimum atomic E-state index is -0.486. The van der Waals surface area contributed by atoms with E-state index in [1.165, 1.54) is 18.2 Å². The Balaban J connectivity index is 0.00000245. The molecule has 0 radical (unpaired) electrons. The molecule has 11 heteroatoms. The molecular weight excluding hydrogens is 460 g/mol. The van der Waals surface area contributed by atoms with E-state index in [9.17, 15) is 14.4 Å². The van der Waals surface area contributed by atoms with Gasteiger partial charge in [-0.25, -0.2) is 13.9 Å². The van der Waals surface area contributed by atoms with Crippen molar-refractivity contribution in [3.05, 3.63) is 57.2 Å². The van der Waals surface area contributed by atoms with Gasteiger partial charge in [0.15, 0.2) is 5.65 Å². The summed E-state index contributed by atoms with van der Waals surface area (Å²) in [5.74, 6) is -0.576. The van der Waals surface area contributed by atoms with Crippen LogP contribution in [-0.4, -0.2) is 54.9 Å². The minimum absolute atomic E-state index is 0. The number of hydrogen-bond donors (Lipinski definition) is 1. The molecule has 2 aromatic heterocycles. The van der Waals surface area contributed by atoms with Crippen molar-refractivity contribution in [2.75, 3.05) is 13.1 Å². The van der Waals surface area contributed by atoms with Crippen LogP contribution < -0.4 is 4.74 Å². The Morgan fingerprint density at radius 3 is 2.81 bits per heavy atom. The molecule has 170 valence electrons. The van der Waals surface area contributed by atoms with Gasteiger partial charge in [0.2, 0.25) is 0 Å². The highest BCUT2D eigenvalue weighted by atomic mass is 35.5. The molecule has 8 nitrogen and oxygen atoms in total. The monoisotopic (exact) mass is 481 g/mol. The molecule has 4 heterocycles. The summed E-state index contributed by atoms with van der Waals surface area (Å²) in [7, 11) is 0. The number of aromatic nitrogens is 3. The van der Waals surface area contributed by atoms with Gasteiger partial charge < -0.3 is 14.8 Å². The smallest absolute Gasteiger partial charge is 0.258 e. The van der Waals surface area contributed by atoms with Gasteiger partial charge in [-0.1, -0.05) is 11.6 Å². The first-order chi connectivity index (χ1) is 14.8. The second-order valence-corrected chi connectivity index (χ2v) is 8.38. The molecule has 2 aliphatic rings. The van der Waals surface area contributed by atoms with E-state index in [-0.39, 0.29) is 35.7 Å². The first kappa shape index (κ1) is 22.7. The molecule has 1 atom stereocenters. The molecule has 1 aromatic carbocycles. The summed E-state index contributed by atoms with van der Waals surface area (Å²) in [6.45, 7) is 5.16. The van der Waals surface area contributed by atoms with Crippen LogP contribution in [0.4, 0.5) is 4.39 Å². The number of carbonyl (C=O) groups excluding carboxylic acids is 1. The van der Waals surface area contributed by atoms with Crippen LogP contribution in [0, 0.1) is 19.7 Å². The molecule has 1 amide bonds. The standard InChI is InChI=1S/C21H21ClFN5O3.ClH/c1-11-19(22)12(2)28-20(24-11)16-9-26(10-17(16)25-28)21(29)15-4-3-13(23)7-18(15)31-14-5-6-27(30)8-14;/h3-4,7,14,30H,5-6,8-10H2,1-2H3;1H/t14-;/m1./s1. The lowest BCUT2D eigenvalue weighted by Crippen LogP contribution is -2.28. The van der Waals surface area contributed by atoms with Crippen LogP contribution in [0.1, 0.15) is 39.4 Å². The molecule has 2 aliphatic heterocycles. The van der Waals surface area contributed by atoms with Gasteiger partial charge in [0.1, 0.15) is 17.7 Å². The highest BCUT2D eigenvalue weighted by Crippen LogP contribution is 2.32. The molecule has 0 spiro atoms. The topological polar surface area (TPSA) is 83.2 Å². The second-order valence-electron chi connectivity index (χ2n) is 8.00. The summed E-state index contributed by atoms with van der Waals surface area (Å²) < 4.78 is 21.5. The van der Waals surface area contributed by atoms with Gasteiger partial charge >= 0.3 is 0 Å². The molecular formula is C21H22Cl2FN5O3. The van der Waals surface area contributed by atoms with Gasteiger partial charge in [-0.3, -0.25) is 4.79 Å². The van der Waals surface area contributed by atoms with Crippen LogP contribution >= 0.6 is 24.0 Å². The third-order valence-corrected chi connectivity index (χ3v) is 6.38. The summed E-state index contributed by atoms with van der Waals surface area (Å²) in [6.07, 6.45) is 0.290. The predicted molar refractivity (Wildman–Crippen MR) is 117 cm³/mol. The van der Waals surface area contributed by atoms with Gasteiger partial charge in [0, 0.05) is 24.6 Å². The van der Waals surface area contributed by atoms with E-state index in [2.05, 4.69) is 10.1 Å². The number of rotatable bonds is 3. The summed E-state index contributed by atoms with van der Waals surface area (Å²) in [6, 6.07) is 3.90. The Morgan fingerprint density at radius 2 is 2.09 bits per heavy atom. The lowest BCUT2D eigenvalue weighted by Gasteiger charge is -2.20. The zero-order chi connectivity index (χ0) is 21.9. The highest BCUT2D eigenvalue weighted by molar-refractivity contribution is 6.31. The van der Waals surface area contributed by atoms with Crippen LogP contribution in [0.3, 0.4) is 0 Å². The summed E-state index contributed by atoms with van der Waals surface area (Å²) >= 11 is 6.30. The quantitative estimate of drug-likeness (QED) is 0.615. The number of hydrogen-bond acceptors (Lipinski definition) is 6.